The van der Waals surface area contributed by atoms with Gasteiger partial charge in [0, 0.05) is 21.7 Å². The molecule has 0 radical (unpaired) electrons. The molecule has 0 fully saturated rings. The molecule has 20 heavy (non-hydrogen) atoms. The van der Waals surface area contributed by atoms with Gasteiger partial charge in [-0.15, -0.1) is 24.8 Å². The molecule has 0 unspecified atom stereocenters. The Morgan fingerprint density at radius 3 is 2.40 bits per heavy atom. The molecular formula is C16H16Cl2OTi. The summed E-state index contributed by atoms with van der Waals surface area (Å²) in [4.78, 5) is 0. The summed E-state index contributed by atoms with van der Waals surface area (Å²) in [7, 11) is 0. The van der Waals surface area contributed by atoms with Crippen molar-refractivity contribution in [3.05, 3.63) is 65.8 Å². The van der Waals surface area contributed by atoms with Crippen molar-refractivity contribution in [3.8, 4) is 0 Å². The second kappa shape index (κ2) is 8.66. The molecule has 104 valence electrons. The topological polar surface area (TPSA) is 20.2 Å². The molecule has 0 saturated heterocycles. The Kier molecular flexibility index (Phi) is 8.42. The first-order valence-corrected chi connectivity index (χ1v) is 5.87. The van der Waals surface area contributed by atoms with Crippen molar-refractivity contribution in [2.75, 3.05) is 0 Å². The van der Waals surface area contributed by atoms with Crippen LogP contribution in [-0.4, -0.2) is 5.11 Å². The van der Waals surface area contributed by atoms with Crippen molar-refractivity contribution in [2.45, 2.75) is 13.0 Å². The third kappa shape index (κ3) is 3.55. The normalized spacial score (nSPS) is 12.2. The third-order valence-corrected chi connectivity index (χ3v) is 3.32. The second-order valence-corrected chi connectivity index (χ2v) is 4.30. The van der Waals surface area contributed by atoms with Crippen molar-refractivity contribution in [2.24, 2.45) is 0 Å². The number of halogens is 2. The molecule has 0 saturated carbocycles. The van der Waals surface area contributed by atoms with E-state index in [4.69, 9.17) is 0 Å². The molecule has 2 aromatic rings. The fourth-order valence-corrected chi connectivity index (χ4v) is 2.45. The summed E-state index contributed by atoms with van der Waals surface area (Å²) < 4.78 is 0. The summed E-state index contributed by atoms with van der Waals surface area (Å²) in [6.45, 7) is 0.0913. The fraction of sp³-hybridized carbons (Fsp3) is 0.125. The number of benzene rings is 2. The SMILES string of the molecule is Cl.Cl.OCc1c(C2=CC=CC2)ccc2ccccc12.[Ti]. The van der Waals surface area contributed by atoms with Gasteiger partial charge in [0.15, 0.2) is 0 Å². The van der Waals surface area contributed by atoms with Crippen molar-refractivity contribution in [3.63, 3.8) is 0 Å². The minimum Gasteiger partial charge on any atom is -0.392 e. The maximum Gasteiger partial charge on any atom is 0.0693 e. The number of rotatable bonds is 2. The summed E-state index contributed by atoms with van der Waals surface area (Å²) in [5.41, 5.74) is 3.51. The standard InChI is InChI=1S/C16H14O.2ClH.Ti/c17-11-16-14-8-4-3-7-13(14)9-10-15(16)12-5-1-2-6-12;;;/h1-5,7-10,17H,6,11H2;2*1H;. The Morgan fingerprint density at radius 1 is 1.00 bits per heavy atom. The quantitative estimate of drug-likeness (QED) is 0.796. The minimum absolute atomic E-state index is 0. The van der Waals surface area contributed by atoms with Gasteiger partial charge in [0.25, 0.3) is 0 Å². The van der Waals surface area contributed by atoms with E-state index in [1.165, 1.54) is 16.5 Å². The predicted octanol–water partition coefficient (Wildman–Crippen LogP) is 4.52. The summed E-state index contributed by atoms with van der Waals surface area (Å²) in [5, 5.41) is 12.0. The molecule has 1 aliphatic carbocycles. The van der Waals surface area contributed by atoms with Crippen LogP contribution in [0.25, 0.3) is 16.3 Å². The fourth-order valence-electron chi connectivity index (χ4n) is 2.45. The Balaban J connectivity index is 0.00000120. The molecule has 0 spiro atoms. The first-order valence-electron chi connectivity index (χ1n) is 5.87. The molecule has 0 bridgehead atoms. The molecular weight excluding hydrogens is 327 g/mol. The summed E-state index contributed by atoms with van der Waals surface area (Å²) in [6, 6.07) is 12.5. The number of hydrogen-bond donors (Lipinski definition) is 1. The Morgan fingerprint density at radius 2 is 1.75 bits per heavy atom. The number of allylic oxidation sites excluding steroid dienone is 4. The van der Waals surface area contributed by atoms with E-state index in [1.807, 2.05) is 12.1 Å². The average molecular weight is 343 g/mol. The largest absolute Gasteiger partial charge is 0.392 e. The Hall–Kier alpha value is -0.566. The zero-order valence-corrected chi connectivity index (χ0v) is 14.1. The van der Waals surface area contributed by atoms with Crippen LogP contribution in [-0.2, 0) is 28.3 Å². The molecule has 3 rings (SSSR count). The van der Waals surface area contributed by atoms with Crippen molar-refractivity contribution >= 4 is 41.2 Å². The average Bonchev–Trinajstić information content (AvgIpc) is 2.91. The maximum atomic E-state index is 9.63. The molecule has 1 aliphatic rings. The first-order chi connectivity index (χ1) is 8.40. The van der Waals surface area contributed by atoms with Crippen LogP contribution in [0.15, 0.2) is 54.6 Å². The van der Waals surface area contributed by atoms with Crippen molar-refractivity contribution in [1.29, 1.82) is 0 Å². The van der Waals surface area contributed by atoms with Crippen LogP contribution in [0.1, 0.15) is 17.5 Å². The van der Waals surface area contributed by atoms with Crippen LogP contribution in [0, 0.1) is 0 Å². The van der Waals surface area contributed by atoms with E-state index >= 15 is 0 Å². The number of fused-ring (bicyclic) bond motifs is 1. The molecule has 2 aromatic carbocycles. The number of aliphatic hydroxyl groups is 1. The molecule has 4 heteroatoms. The van der Waals surface area contributed by atoms with Gasteiger partial charge in [0.05, 0.1) is 6.61 Å². The van der Waals surface area contributed by atoms with Crippen LogP contribution < -0.4 is 0 Å². The van der Waals surface area contributed by atoms with E-state index in [0.717, 1.165) is 17.4 Å². The summed E-state index contributed by atoms with van der Waals surface area (Å²) in [5.74, 6) is 0. The molecule has 1 N–H and O–H groups in total. The van der Waals surface area contributed by atoms with Crippen LogP contribution in [0.4, 0.5) is 0 Å². The van der Waals surface area contributed by atoms with Crippen LogP contribution >= 0.6 is 24.8 Å². The van der Waals surface area contributed by atoms with Crippen LogP contribution in [0.5, 0.6) is 0 Å². The smallest absolute Gasteiger partial charge is 0.0693 e. The minimum atomic E-state index is 0. The van der Waals surface area contributed by atoms with Gasteiger partial charge < -0.3 is 5.11 Å². The Bertz CT molecular complexity index is 635. The van der Waals surface area contributed by atoms with Gasteiger partial charge in [-0.25, -0.2) is 0 Å². The number of hydrogen-bond acceptors (Lipinski definition) is 1. The van der Waals surface area contributed by atoms with E-state index in [-0.39, 0.29) is 53.1 Å². The number of aliphatic hydroxyl groups excluding tert-OH is 1. The third-order valence-electron chi connectivity index (χ3n) is 3.32. The van der Waals surface area contributed by atoms with Crippen LogP contribution in [0.2, 0.25) is 0 Å². The maximum absolute atomic E-state index is 9.63. The second-order valence-electron chi connectivity index (χ2n) is 4.30. The van der Waals surface area contributed by atoms with Gasteiger partial charge in [-0.2, -0.15) is 0 Å². The van der Waals surface area contributed by atoms with E-state index in [1.54, 1.807) is 0 Å². The molecule has 0 amide bonds. The Labute approximate surface area is 146 Å². The van der Waals surface area contributed by atoms with Gasteiger partial charge in [0.1, 0.15) is 0 Å². The predicted molar refractivity (Wildman–Crippen MR) is 86.1 cm³/mol. The van der Waals surface area contributed by atoms with Crippen molar-refractivity contribution < 1.29 is 26.8 Å². The van der Waals surface area contributed by atoms with Gasteiger partial charge in [-0.05, 0) is 33.9 Å². The molecule has 0 aliphatic heterocycles. The van der Waals surface area contributed by atoms with Gasteiger partial charge >= 0.3 is 0 Å². The summed E-state index contributed by atoms with van der Waals surface area (Å²) in [6.07, 6.45) is 7.31. The molecule has 0 atom stereocenters. The van der Waals surface area contributed by atoms with Gasteiger partial charge in [-0.1, -0.05) is 54.6 Å². The van der Waals surface area contributed by atoms with E-state index < -0.39 is 0 Å². The molecule has 0 heterocycles. The summed E-state index contributed by atoms with van der Waals surface area (Å²) >= 11 is 0. The monoisotopic (exact) mass is 342 g/mol. The van der Waals surface area contributed by atoms with E-state index in [9.17, 15) is 5.11 Å². The van der Waals surface area contributed by atoms with Crippen molar-refractivity contribution in [1.82, 2.24) is 0 Å². The molecule has 0 aromatic heterocycles. The first kappa shape index (κ1) is 19.4. The molecule has 1 nitrogen and oxygen atoms in total. The van der Waals surface area contributed by atoms with Crippen LogP contribution in [0.3, 0.4) is 0 Å². The van der Waals surface area contributed by atoms with Gasteiger partial charge in [0.2, 0.25) is 0 Å². The van der Waals surface area contributed by atoms with E-state index in [2.05, 4.69) is 42.5 Å². The zero-order valence-electron chi connectivity index (χ0n) is 10.9. The zero-order chi connectivity index (χ0) is 11.7. The van der Waals surface area contributed by atoms with E-state index in [0.29, 0.717) is 0 Å². The van der Waals surface area contributed by atoms with Gasteiger partial charge in [-0.3, -0.25) is 0 Å².